The summed E-state index contributed by atoms with van der Waals surface area (Å²) in [5.74, 6) is 0.0458. The number of nitro benzene ring substituents is 1. The number of nitrogens with zero attached hydrogens (tertiary/aromatic N) is 5. The molecule has 1 aliphatic rings. The van der Waals surface area contributed by atoms with Gasteiger partial charge in [0.1, 0.15) is 5.69 Å². The largest absolute Gasteiger partial charge is 0.417 e. The van der Waals surface area contributed by atoms with E-state index in [1.54, 1.807) is 6.07 Å². The number of halogens is 3. The van der Waals surface area contributed by atoms with Gasteiger partial charge in [0, 0.05) is 30.9 Å². The number of fused-ring (bicyclic) bond motifs is 1. The van der Waals surface area contributed by atoms with Crippen LogP contribution in [0.15, 0.2) is 36.5 Å². The maximum absolute atomic E-state index is 13.0. The van der Waals surface area contributed by atoms with Crippen molar-refractivity contribution >= 4 is 22.9 Å². The second kappa shape index (κ2) is 8.68. The molecule has 2 aromatic heterocycles. The molecule has 0 radical (unpaired) electrons. The molecule has 174 valence electrons. The van der Waals surface area contributed by atoms with Gasteiger partial charge in [-0.15, -0.1) is 10.2 Å². The fraction of sp³-hybridized carbons (Fsp3) is 0.381. The molecule has 1 saturated heterocycles. The number of carbonyl (C=O) groups excluding carboxylic acids is 1. The second-order valence-corrected chi connectivity index (χ2v) is 8.07. The van der Waals surface area contributed by atoms with Crippen LogP contribution in [0.5, 0.6) is 0 Å². The van der Waals surface area contributed by atoms with Crippen molar-refractivity contribution in [3.8, 4) is 0 Å². The number of nitro groups is 1. The van der Waals surface area contributed by atoms with E-state index < -0.39 is 22.6 Å². The van der Waals surface area contributed by atoms with Gasteiger partial charge >= 0.3 is 6.18 Å². The minimum Gasteiger partial charge on any atom is -0.366 e. The van der Waals surface area contributed by atoms with Crippen molar-refractivity contribution in [1.82, 2.24) is 19.9 Å². The van der Waals surface area contributed by atoms with Crippen LogP contribution in [0.2, 0.25) is 0 Å². The third-order valence-electron chi connectivity index (χ3n) is 5.77. The van der Waals surface area contributed by atoms with Gasteiger partial charge in [-0.2, -0.15) is 13.2 Å². The van der Waals surface area contributed by atoms with Gasteiger partial charge < -0.3 is 10.2 Å². The van der Waals surface area contributed by atoms with E-state index in [1.165, 1.54) is 18.2 Å². The Morgan fingerprint density at radius 3 is 2.61 bits per heavy atom. The molecular formula is C21H21F3N6O3. The molecule has 3 aromatic rings. The highest BCUT2D eigenvalue weighted by Crippen LogP contribution is 2.32. The van der Waals surface area contributed by atoms with E-state index in [0.717, 1.165) is 29.5 Å². The molecule has 0 saturated carbocycles. The Balaban J connectivity index is 1.52. The summed E-state index contributed by atoms with van der Waals surface area (Å²) in [4.78, 5) is 25.7. The van der Waals surface area contributed by atoms with Gasteiger partial charge in [0.2, 0.25) is 0 Å². The summed E-state index contributed by atoms with van der Waals surface area (Å²) in [6.07, 6.45) is -1.81. The number of piperidine rings is 1. The topological polar surface area (TPSA) is 106 Å². The smallest absolute Gasteiger partial charge is 0.366 e. The molecule has 1 fully saturated rings. The lowest BCUT2D eigenvalue weighted by atomic mass is 9.98. The van der Waals surface area contributed by atoms with Gasteiger partial charge in [0.15, 0.2) is 11.5 Å². The van der Waals surface area contributed by atoms with Gasteiger partial charge in [0.25, 0.3) is 11.6 Å². The van der Waals surface area contributed by atoms with Crippen molar-refractivity contribution in [2.75, 3.05) is 18.0 Å². The summed E-state index contributed by atoms with van der Waals surface area (Å²) in [6.45, 7) is 3.34. The first-order chi connectivity index (χ1) is 15.6. The van der Waals surface area contributed by atoms with Crippen LogP contribution in [-0.4, -0.2) is 38.5 Å². The Kier molecular flexibility index (Phi) is 5.91. The van der Waals surface area contributed by atoms with Gasteiger partial charge in [-0.25, -0.2) is 0 Å². The Bertz CT molecular complexity index is 1200. The summed E-state index contributed by atoms with van der Waals surface area (Å²) in [5, 5.41) is 21.8. The fourth-order valence-corrected chi connectivity index (χ4v) is 3.82. The van der Waals surface area contributed by atoms with Gasteiger partial charge in [-0.05, 0) is 43.0 Å². The zero-order chi connectivity index (χ0) is 23.8. The first kappa shape index (κ1) is 22.5. The Hall–Kier alpha value is -3.70. The third-order valence-corrected chi connectivity index (χ3v) is 5.77. The molecule has 9 nitrogen and oxygen atoms in total. The van der Waals surface area contributed by atoms with Crippen molar-refractivity contribution in [1.29, 1.82) is 0 Å². The first-order valence-electron chi connectivity index (χ1n) is 10.4. The predicted octanol–water partition coefficient (Wildman–Crippen LogP) is 3.82. The van der Waals surface area contributed by atoms with Crippen molar-refractivity contribution in [3.63, 3.8) is 0 Å². The minimum atomic E-state index is -4.54. The van der Waals surface area contributed by atoms with Crippen LogP contribution in [0, 0.1) is 16.0 Å². The SMILES string of the molecule is CC1CCN(c2ccc(C(=O)NCc3nnc4ccc(C(F)(F)F)cn34)cc2[N+](=O)[O-])CC1. The van der Waals surface area contributed by atoms with E-state index in [2.05, 4.69) is 22.4 Å². The number of amides is 1. The summed E-state index contributed by atoms with van der Waals surface area (Å²) in [5.41, 5.74) is -0.309. The van der Waals surface area contributed by atoms with E-state index in [-0.39, 0.29) is 29.3 Å². The molecule has 1 aromatic carbocycles. The quantitative estimate of drug-likeness (QED) is 0.457. The number of anilines is 1. The molecule has 1 amide bonds. The van der Waals surface area contributed by atoms with Crippen molar-refractivity contribution in [2.24, 2.45) is 5.92 Å². The fourth-order valence-electron chi connectivity index (χ4n) is 3.82. The number of pyridine rings is 1. The lowest BCUT2D eigenvalue weighted by molar-refractivity contribution is -0.384. The van der Waals surface area contributed by atoms with Crippen molar-refractivity contribution < 1.29 is 22.9 Å². The molecule has 33 heavy (non-hydrogen) atoms. The second-order valence-electron chi connectivity index (χ2n) is 8.07. The van der Waals surface area contributed by atoms with E-state index in [4.69, 9.17) is 0 Å². The monoisotopic (exact) mass is 462 g/mol. The van der Waals surface area contributed by atoms with E-state index in [1.807, 2.05) is 4.90 Å². The highest BCUT2D eigenvalue weighted by atomic mass is 19.4. The standard InChI is InChI=1S/C21H21F3N6O3/c1-13-6-8-28(9-7-13)16-4-2-14(10-17(16)30(32)33)20(31)25-11-19-27-26-18-5-3-15(12-29(18)19)21(22,23)24/h2-5,10,12-13H,6-9,11H2,1H3,(H,25,31). The number of alkyl halides is 3. The molecule has 0 aliphatic carbocycles. The third kappa shape index (κ3) is 4.73. The molecule has 12 heteroatoms. The van der Waals surface area contributed by atoms with Crippen LogP contribution in [0.1, 0.15) is 41.5 Å². The number of carbonyl (C=O) groups is 1. The van der Waals surface area contributed by atoms with Crippen LogP contribution in [-0.2, 0) is 12.7 Å². The molecule has 3 heterocycles. The number of hydrogen-bond acceptors (Lipinski definition) is 6. The first-order valence-corrected chi connectivity index (χ1v) is 10.4. The number of benzene rings is 1. The van der Waals surface area contributed by atoms with Crippen LogP contribution in [0.4, 0.5) is 24.5 Å². The van der Waals surface area contributed by atoms with Gasteiger partial charge in [-0.3, -0.25) is 19.3 Å². The normalized spacial score (nSPS) is 15.1. The predicted molar refractivity (Wildman–Crippen MR) is 113 cm³/mol. The molecule has 0 unspecified atom stereocenters. The molecule has 1 N–H and O–H groups in total. The zero-order valence-corrected chi connectivity index (χ0v) is 17.7. The van der Waals surface area contributed by atoms with Crippen LogP contribution >= 0.6 is 0 Å². The number of rotatable bonds is 5. The van der Waals surface area contributed by atoms with E-state index >= 15 is 0 Å². The molecule has 0 bridgehead atoms. The molecule has 0 atom stereocenters. The van der Waals surface area contributed by atoms with E-state index in [0.29, 0.717) is 24.7 Å². The Labute approximate surface area is 186 Å². The van der Waals surface area contributed by atoms with Crippen LogP contribution < -0.4 is 10.2 Å². The lowest BCUT2D eigenvalue weighted by Gasteiger charge is -2.31. The highest BCUT2D eigenvalue weighted by Gasteiger charge is 2.31. The average molecular weight is 462 g/mol. The van der Waals surface area contributed by atoms with Gasteiger partial charge in [0.05, 0.1) is 17.0 Å². The average Bonchev–Trinajstić information content (AvgIpc) is 3.19. The highest BCUT2D eigenvalue weighted by molar-refractivity contribution is 5.95. The molecule has 0 spiro atoms. The molecule has 4 rings (SSSR count). The van der Waals surface area contributed by atoms with E-state index in [9.17, 15) is 28.1 Å². The lowest BCUT2D eigenvalue weighted by Crippen LogP contribution is -2.33. The van der Waals surface area contributed by atoms with Crippen molar-refractivity contribution in [3.05, 3.63) is 63.6 Å². The number of nitrogens with one attached hydrogen (secondary N) is 1. The minimum absolute atomic E-state index is 0.0700. The van der Waals surface area contributed by atoms with Crippen molar-refractivity contribution in [2.45, 2.75) is 32.5 Å². The number of hydrogen-bond donors (Lipinski definition) is 1. The van der Waals surface area contributed by atoms with Crippen LogP contribution in [0.25, 0.3) is 5.65 Å². The van der Waals surface area contributed by atoms with Crippen LogP contribution in [0.3, 0.4) is 0 Å². The summed E-state index contributed by atoms with van der Waals surface area (Å²) in [7, 11) is 0. The molecular weight excluding hydrogens is 441 g/mol. The number of aromatic nitrogens is 3. The Morgan fingerprint density at radius 2 is 1.94 bits per heavy atom. The maximum atomic E-state index is 13.0. The zero-order valence-electron chi connectivity index (χ0n) is 17.7. The summed E-state index contributed by atoms with van der Waals surface area (Å²) >= 11 is 0. The summed E-state index contributed by atoms with van der Waals surface area (Å²) < 4.78 is 40.1. The summed E-state index contributed by atoms with van der Waals surface area (Å²) in [6, 6.07) is 6.36. The molecule has 1 aliphatic heterocycles. The maximum Gasteiger partial charge on any atom is 0.417 e. The van der Waals surface area contributed by atoms with Gasteiger partial charge in [-0.1, -0.05) is 6.92 Å². The Morgan fingerprint density at radius 1 is 1.21 bits per heavy atom.